The molecular formula is C10H11ClN2. The monoisotopic (exact) mass is 194 g/mol. The minimum Gasteiger partial charge on any atom is -0.369 e. The van der Waals surface area contributed by atoms with Crippen LogP contribution in [0.1, 0.15) is 18.9 Å². The third-order valence-corrected chi connectivity index (χ3v) is 3.62. The number of nitrogens with one attached hydrogen (secondary N) is 1. The van der Waals surface area contributed by atoms with Crippen LogP contribution in [0.5, 0.6) is 0 Å². The summed E-state index contributed by atoms with van der Waals surface area (Å²) in [5.41, 5.74) is 1.69. The second-order valence-electron chi connectivity index (χ2n) is 4.16. The fourth-order valence-corrected chi connectivity index (χ4v) is 2.56. The molecule has 1 aromatic heterocycles. The van der Waals surface area contributed by atoms with Gasteiger partial charge >= 0.3 is 0 Å². The molecular weight excluding hydrogens is 184 g/mol. The van der Waals surface area contributed by atoms with Crippen molar-refractivity contribution < 1.29 is 0 Å². The van der Waals surface area contributed by atoms with Crippen molar-refractivity contribution in [1.82, 2.24) is 4.98 Å². The maximum absolute atomic E-state index is 5.94. The van der Waals surface area contributed by atoms with E-state index in [1.54, 1.807) is 6.20 Å². The normalized spacial score (nSPS) is 34.5. The van der Waals surface area contributed by atoms with Gasteiger partial charge in [0.25, 0.3) is 0 Å². The van der Waals surface area contributed by atoms with Crippen LogP contribution in [0.2, 0.25) is 5.02 Å². The van der Waals surface area contributed by atoms with Gasteiger partial charge in [-0.15, -0.1) is 0 Å². The number of hydrogen-bond acceptors (Lipinski definition) is 2. The maximum atomic E-state index is 5.94. The van der Waals surface area contributed by atoms with Crippen LogP contribution in [0.4, 0.5) is 5.82 Å². The lowest BCUT2D eigenvalue weighted by molar-refractivity contribution is 0.696. The molecule has 2 aliphatic rings. The molecule has 0 radical (unpaired) electrons. The van der Waals surface area contributed by atoms with E-state index in [0.717, 1.165) is 23.3 Å². The Morgan fingerprint density at radius 1 is 1.69 bits per heavy atom. The zero-order valence-corrected chi connectivity index (χ0v) is 8.23. The van der Waals surface area contributed by atoms with Gasteiger partial charge in [0.1, 0.15) is 5.82 Å². The zero-order valence-electron chi connectivity index (χ0n) is 7.47. The van der Waals surface area contributed by atoms with Gasteiger partial charge < -0.3 is 5.32 Å². The van der Waals surface area contributed by atoms with Crippen LogP contribution in [-0.4, -0.2) is 11.5 Å². The minimum absolute atomic E-state index is 0.368. The van der Waals surface area contributed by atoms with Crippen LogP contribution < -0.4 is 5.32 Å². The Hall–Kier alpha value is -0.760. The number of hydrogen-bond donors (Lipinski definition) is 1. The summed E-state index contributed by atoms with van der Waals surface area (Å²) in [6.45, 7) is 3.33. The van der Waals surface area contributed by atoms with E-state index in [1.165, 1.54) is 12.0 Å². The Morgan fingerprint density at radius 2 is 2.46 bits per heavy atom. The molecule has 1 aliphatic carbocycles. The van der Waals surface area contributed by atoms with Gasteiger partial charge in [0.05, 0.1) is 5.02 Å². The Balaban J connectivity index is 2.15. The third kappa shape index (κ3) is 0.869. The number of aromatic nitrogens is 1. The topological polar surface area (TPSA) is 24.9 Å². The number of halogens is 1. The highest BCUT2D eigenvalue weighted by atomic mass is 35.5. The quantitative estimate of drug-likeness (QED) is 0.686. The molecule has 1 saturated carbocycles. The van der Waals surface area contributed by atoms with Crippen LogP contribution in [0, 0.1) is 5.92 Å². The van der Waals surface area contributed by atoms with Crippen LogP contribution >= 0.6 is 11.6 Å². The van der Waals surface area contributed by atoms with Crippen molar-refractivity contribution in [2.45, 2.75) is 18.8 Å². The van der Waals surface area contributed by atoms with Gasteiger partial charge in [-0.3, -0.25) is 0 Å². The Morgan fingerprint density at radius 3 is 3.15 bits per heavy atom. The van der Waals surface area contributed by atoms with Gasteiger partial charge in [-0.2, -0.15) is 0 Å². The molecule has 3 rings (SSSR count). The number of pyridine rings is 1. The number of fused-ring (bicyclic) bond motifs is 2. The summed E-state index contributed by atoms with van der Waals surface area (Å²) in [4.78, 5) is 4.29. The Kier molecular flexibility index (Phi) is 1.28. The number of rotatable bonds is 0. The van der Waals surface area contributed by atoms with Crippen molar-refractivity contribution in [3.05, 3.63) is 22.8 Å². The first-order chi connectivity index (χ1) is 6.22. The van der Waals surface area contributed by atoms with Gasteiger partial charge in [-0.1, -0.05) is 18.5 Å². The van der Waals surface area contributed by atoms with Crippen molar-refractivity contribution >= 4 is 17.4 Å². The summed E-state index contributed by atoms with van der Waals surface area (Å²) >= 11 is 5.94. The zero-order chi connectivity index (χ0) is 9.05. The van der Waals surface area contributed by atoms with Gasteiger partial charge in [0.2, 0.25) is 0 Å². The molecule has 1 aromatic rings. The van der Waals surface area contributed by atoms with Crippen LogP contribution in [0.25, 0.3) is 0 Å². The smallest absolute Gasteiger partial charge is 0.129 e. The SMILES string of the molecule is CC1CC12CNc1ncc(Cl)cc12. The van der Waals surface area contributed by atoms with E-state index in [9.17, 15) is 0 Å². The predicted octanol–water partition coefficient (Wildman–Crippen LogP) is 2.44. The fourth-order valence-electron chi connectivity index (χ4n) is 2.41. The number of nitrogens with zero attached hydrogens (tertiary/aromatic N) is 1. The van der Waals surface area contributed by atoms with E-state index in [-0.39, 0.29) is 0 Å². The maximum Gasteiger partial charge on any atom is 0.129 e. The first kappa shape index (κ1) is 7.63. The van der Waals surface area contributed by atoms with Gasteiger partial charge in [-0.05, 0) is 18.4 Å². The lowest BCUT2D eigenvalue weighted by Crippen LogP contribution is -2.11. The van der Waals surface area contributed by atoms with Gasteiger partial charge in [0, 0.05) is 23.7 Å². The highest BCUT2D eigenvalue weighted by molar-refractivity contribution is 6.30. The molecule has 2 nitrogen and oxygen atoms in total. The summed E-state index contributed by atoms with van der Waals surface area (Å²) < 4.78 is 0. The Bertz CT molecular complexity index is 377. The molecule has 0 aromatic carbocycles. The van der Waals surface area contributed by atoms with E-state index in [2.05, 4.69) is 23.3 Å². The third-order valence-electron chi connectivity index (χ3n) is 3.42. The average molecular weight is 195 g/mol. The molecule has 1 spiro atoms. The highest BCUT2D eigenvalue weighted by Gasteiger charge is 2.56. The van der Waals surface area contributed by atoms with E-state index in [0.29, 0.717) is 5.41 Å². The number of anilines is 1. The van der Waals surface area contributed by atoms with Crippen LogP contribution in [0.3, 0.4) is 0 Å². The minimum atomic E-state index is 0.368. The lowest BCUT2D eigenvalue weighted by Gasteiger charge is -2.06. The predicted molar refractivity (Wildman–Crippen MR) is 53.2 cm³/mol. The summed E-state index contributed by atoms with van der Waals surface area (Å²) in [5, 5.41) is 4.09. The Labute approximate surface area is 82.3 Å². The first-order valence-electron chi connectivity index (χ1n) is 4.62. The second-order valence-corrected chi connectivity index (χ2v) is 4.60. The molecule has 1 fully saturated rings. The molecule has 0 amide bonds. The summed E-state index contributed by atoms with van der Waals surface area (Å²) in [6, 6.07) is 2.06. The van der Waals surface area contributed by atoms with Crippen molar-refractivity contribution in [2.75, 3.05) is 11.9 Å². The lowest BCUT2D eigenvalue weighted by atomic mass is 9.98. The van der Waals surface area contributed by atoms with Crippen molar-refractivity contribution in [3.63, 3.8) is 0 Å². The van der Waals surface area contributed by atoms with E-state index >= 15 is 0 Å². The largest absolute Gasteiger partial charge is 0.369 e. The molecule has 1 aliphatic heterocycles. The molecule has 2 unspecified atom stereocenters. The second kappa shape index (κ2) is 2.18. The van der Waals surface area contributed by atoms with Crippen molar-refractivity contribution in [1.29, 1.82) is 0 Å². The molecule has 0 bridgehead atoms. The van der Waals surface area contributed by atoms with Crippen molar-refractivity contribution in [3.8, 4) is 0 Å². The van der Waals surface area contributed by atoms with E-state index in [1.807, 2.05) is 0 Å². The van der Waals surface area contributed by atoms with Gasteiger partial charge in [-0.25, -0.2) is 4.98 Å². The molecule has 0 saturated heterocycles. The molecule has 1 N–H and O–H groups in total. The van der Waals surface area contributed by atoms with Crippen LogP contribution in [0.15, 0.2) is 12.3 Å². The molecule has 68 valence electrons. The average Bonchev–Trinajstić information content (AvgIpc) is 2.61. The molecule has 3 heteroatoms. The molecule has 13 heavy (non-hydrogen) atoms. The standard InChI is InChI=1S/C10H11ClN2/c1-6-3-10(6)5-13-9-8(10)2-7(11)4-12-9/h2,4,6H,3,5H2,1H3,(H,12,13). The van der Waals surface area contributed by atoms with E-state index < -0.39 is 0 Å². The first-order valence-corrected chi connectivity index (χ1v) is 5.00. The van der Waals surface area contributed by atoms with Gasteiger partial charge in [0.15, 0.2) is 0 Å². The van der Waals surface area contributed by atoms with E-state index in [4.69, 9.17) is 11.6 Å². The fraction of sp³-hybridized carbons (Fsp3) is 0.500. The molecule has 2 heterocycles. The van der Waals surface area contributed by atoms with Crippen LogP contribution in [-0.2, 0) is 5.41 Å². The molecule has 2 atom stereocenters. The van der Waals surface area contributed by atoms with Crippen molar-refractivity contribution in [2.24, 2.45) is 5.92 Å². The summed E-state index contributed by atoms with van der Waals surface area (Å²) in [6.07, 6.45) is 2.98. The summed E-state index contributed by atoms with van der Waals surface area (Å²) in [7, 11) is 0. The summed E-state index contributed by atoms with van der Waals surface area (Å²) in [5.74, 6) is 1.82. The highest BCUT2D eigenvalue weighted by Crippen LogP contribution is 2.58.